The first-order valence-corrected chi connectivity index (χ1v) is 8.47. The van der Waals surface area contributed by atoms with Gasteiger partial charge in [-0.2, -0.15) is 8.78 Å². The highest BCUT2D eigenvalue weighted by atomic mass is 32.2. The Kier molecular flexibility index (Phi) is 5.16. The molecule has 1 heterocycles. The number of hydrogen-bond donors (Lipinski definition) is 1. The molecule has 1 N–H and O–H groups in total. The van der Waals surface area contributed by atoms with Crippen LogP contribution in [0.15, 0.2) is 29.2 Å². The molecular formula is C14H19F2NO3S. The van der Waals surface area contributed by atoms with Crippen LogP contribution in [0.2, 0.25) is 0 Å². The standard InChI is InChI=1S/C14H19F2NO3S/c15-14(16)21(19,20)13-5-3-12(4-6-13)17-8-1-2-11(10-17)7-9-18/h3-6,11,14,18H,1-2,7-10H2. The van der Waals surface area contributed by atoms with Crippen molar-refractivity contribution in [2.75, 3.05) is 24.6 Å². The van der Waals surface area contributed by atoms with Crippen LogP contribution in [-0.4, -0.2) is 39.0 Å². The van der Waals surface area contributed by atoms with E-state index in [0.717, 1.165) is 38.0 Å². The highest BCUT2D eigenvalue weighted by Crippen LogP contribution is 2.27. The largest absolute Gasteiger partial charge is 0.396 e. The van der Waals surface area contributed by atoms with E-state index in [0.29, 0.717) is 5.92 Å². The van der Waals surface area contributed by atoms with Gasteiger partial charge >= 0.3 is 5.76 Å². The summed E-state index contributed by atoms with van der Waals surface area (Å²) in [5.74, 6) is -2.99. The summed E-state index contributed by atoms with van der Waals surface area (Å²) in [5.41, 5.74) is 0.825. The number of aliphatic hydroxyl groups excluding tert-OH is 1. The molecule has 21 heavy (non-hydrogen) atoms. The lowest BCUT2D eigenvalue weighted by Gasteiger charge is -2.34. The lowest BCUT2D eigenvalue weighted by atomic mass is 9.95. The SMILES string of the molecule is O=S(=O)(c1ccc(N2CCCC(CCO)C2)cc1)C(F)F. The van der Waals surface area contributed by atoms with E-state index >= 15 is 0 Å². The van der Waals surface area contributed by atoms with Crippen LogP contribution in [0.4, 0.5) is 14.5 Å². The molecule has 118 valence electrons. The third-order valence-corrected chi connectivity index (χ3v) is 5.22. The summed E-state index contributed by atoms with van der Waals surface area (Å²) >= 11 is 0. The van der Waals surface area contributed by atoms with Gasteiger partial charge in [0.1, 0.15) is 0 Å². The summed E-state index contributed by atoms with van der Waals surface area (Å²) in [5, 5.41) is 9.00. The second-order valence-corrected chi connectivity index (χ2v) is 7.18. The van der Waals surface area contributed by atoms with Crippen molar-refractivity contribution in [3.8, 4) is 0 Å². The molecule has 1 unspecified atom stereocenters. The van der Waals surface area contributed by atoms with Gasteiger partial charge in [0, 0.05) is 25.4 Å². The second-order valence-electron chi connectivity index (χ2n) is 5.27. The van der Waals surface area contributed by atoms with Gasteiger partial charge in [-0.15, -0.1) is 0 Å². The number of halogens is 2. The van der Waals surface area contributed by atoms with Crippen molar-refractivity contribution >= 4 is 15.5 Å². The van der Waals surface area contributed by atoms with Gasteiger partial charge in [-0.1, -0.05) is 0 Å². The van der Waals surface area contributed by atoms with Gasteiger partial charge in [-0.3, -0.25) is 0 Å². The first kappa shape index (κ1) is 16.2. The van der Waals surface area contributed by atoms with E-state index in [9.17, 15) is 17.2 Å². The molecule has 1 aliphatic heterocycles. The van der Waals surface area contributed by atoms with E-state index in [-0.39, 0.29) is 11.5 Å². The number of benzene rings is 1. The number of hydrogen-bond acceptors (Lipinski definition) is 4. The predicted octanol–water partition coefficient (Wildman–Crippen LogP) is 2.28. The van der Waals surface area contributed by atoms with E-state index in [1.165, 1.54) is 12.1 Å². The third kappa shape index (κ3) is 3.71. The van der Waals surface area contributed by atoms with Gasteiger partial charge in [0.25, 0.3) is 0 Å². The lowest BCUT2D eigenvalue weighted by molar-refractivity contribution is 0.234. The maximum absolute atomic E-state index is 12.5. The van der Waals surface area contributed by atoms with Gasteiger partial charge in [0.2, 0.25) is 9.84 Å². The fourth-order valence-corrected chi connectivity index (χ4v) is 3.39. The van der Waals surface area contributed by atoms with E-state index in [1.807, 2.05) is 0 Å². The highest BCUT2D eigenvalue weighted by molar-refractivity contribution is 7.91. The fraction of sp³-hybridized carbons (Fsp3) is 0.571. The van der Waals surface area contributed by atoms with Crippen molar-refractivity contribution in [3.05, 3.63) is 24.3 Å². The summed E-state index contributed by atoms with van der Waals surface area (Å²) in [7, 11) is -4.53. The minimum Gasteiger partial charge on any atom is -0.396 e. The molecule has 0 radical (unpaired) electrons. The van der Waals surface area contributed by atoms with Gasteiger partial charge in [-0.25, -0.2) is 8.42 Å². The smallest absolute Gasteiger partial charge is 0.341 e. The lowest BCUT2D eigenvalue weighted by Crippen LogP contribution is -2.35. The maximum Gasteiger partial charge on any atom is 0.341 e. The zero-order valence-corrected chi connectivity index (χ0v) is 12.4. The zero-order chi connectivity index (χ0) is 15.5. The fourth-order valence-electron chi connectivity index (χ4n) is 2.67. The molecule has 1 aromatic carbocycles. The summed E-state index contributed by atoms with van der Waals surface area (Å²) in [6.07, 6.45) is 2.81. The number of aliphatic hydroxyl groups is 1. The third-order valence-electron chi connectivity index (χ3n) is 3.82. The van der Waals surface area contributed by atoms with Crippen LogP contribution in [-0.2, 0) is 9.84 Å². The van der Waals surface area contributed by atoms with Crippen LogP contribution in [0, 0.1) is 5.92 Å². The average Bonchev–Trinajstić information content (AvgIpc) is 2.48. The molecular weight excluding hydrogens is 300 g/mol. The van der Waals surface area contributed by atoms with Gasteiger partial charge in [0.15, 0.2) is 0 Å². The maximum atomic E-state index is 12.5. The summed E-state index contributed by atoms with van der Waals surface area (Å²) < 4.78 is 47.7. The van der Waals surface area contributed by atoms with Crippen LogP contribution >= 0.6 is 0 Å². The molecule has 0 spiro atoms. The van der Waals surface area contributed by atoms with Crippen molar-refractivity contribution in [1.82, 2.24) is 0 Å². The van der Waals surface area contributed by atoms with E-state index in [2.05, 4.69) is 4.90 Å². The number of nitrogens with zero attached hydrogens (tertiary/aromatic N) is 1. The number of anilines is 1. The van der Waals surface area contributed by atoms with Crippen molar-refractivity contribution in [2.45, 2.75) is 29.9 Å². The molecule has 1 saturated heterocycles. The minimum absolute atomic E-state index is 0.157. The van der Waals surface area contributed by atoms with E-state index in [4.69, 9.17) is 5.11 Å². The molecule has 0 saturated carbocycles. The van der Waals surface area contributed by atoms with Crippen molar-refractivity contribution in [3.63, 3.8) is 0 Å². The predicted molar refractivity (Wildman–Crippen MR) is 76.3 cm³/mol. The molecule has 7 heteroatoms. The summed E-state index contributed by atoms with van der Waals surface area (Å²) in [4.78, 5) is 1.74. The van der Waals surface area contributed by atoms with Crippen LogP contribution < -0.4 is 4.90 Å². The number of piperidine rings is 1. The van der Waals surface area contributed by atoms with Crippen LogP contribution in [0.5, 0.6) is 0 Å². The van der Waals surface area contributed by atoms with Crippen molar-refractivity contribution in [1.29, 1.82) is 0 Å². The Morgan fingerprint density at radius 3 is 2.52 bits per heavy atom. The van der Waals surface area contributed by atoms with Crippen LogP contribution in [0.3, 0.4) is 0 Å². The molecule has 1 aromatic rings. The Morgan fingerprint density at radius 2 is 1.95 bits per heavy atom. The summed E-state index contributed by atoms with van der Waals surface area (Å²) in [6.45, 7) is 1.80. The molecule has 1 aliphatic rings. The molecule has 1 atom stereocenters. The average molecular weight is 319 g/mol. The monoisotopic (exact) mass is 319 g/mol. The number of alkyl halides is 2. The minimum atomic E-state index is -4.53. The van der Waals surface area contributed by atoms with Crippen molar-refractivity contribution < 1.29 is 22.3 Å². The molecule has 0 amide bonds. The Hall–Kier alpha value is -1.21. The Labute approximate surface area is 123 Å². The first-order valence-electron chi connectivity index (χ1n) is 6.93. The van der Waals surface area contributed by atoms with E-state index in [1.54, 1.807) is 12.1 Å². The first-order chi connectivity index (χ1) is 9.95. The Balaban J connectivity index is 2.12. The second kappa shape index (κ2) is 6.70. The number of sulfone groups is 1. The molecule has 0 aliphatic carbocycles. The summed E-state index contributed by atoms with van der Waals surface area (Å²) in [6, 6.07) is 5.59. The van der Waals surface area contributed by atoms with E-state index < -0.39 is 15.6 Å². The number of rotatable bonds is 5. The van der Waals surface area contributed by atoms with Gasteiger partial charge in [0.05, 0.1) is 4.90 Å². The molecule has 1 fully saturated rings. The molecule has 2 rings (SSSR count). The van der Waals surface area contributed by atoms with Gasteiger partial charge in [-0.05, 0) is 49.4 Å². The quantitative estimate of drug-likeness (QED) is 0.904. The Bertz CT molecular complexity index is 558. The molecule has 4 nitrogen and oxygen atoms in total. The van der Waals surface area contributed by atoms with Crippen LogP contribution in [0.25, 0.3) is 0 Å². The van der Waals surface area contributed by atoms with Crippen LogP contribution in [0.1, 0.15) is 19.3 Å². The highest BCUT2D eigenvalue weighted by Gasteiger charge is 2.27. The zero-order valence-electron chi connectivity index (χ0n) is 11.6. The molecule has 0 aromatic heterocycles. The topological polar surface area (TPSA) is 57.6 Å². The van der Waals surface area contributed by atoms with Gasteiger partial charge < -0.3 is 10.0 Å². The normalized spacial score (nSPS) is 20.0. The molecule has 0 bridgehead atoms. The van der Waals surface area contributed by atoms with Crippen molar-refractivity contribution in [2.24, 2.45) is 5.92 Å². The Morgan fingerprint density at radius 1 is 1.29 bits per heavy atom.